The maximum absolute atomic E-state index is 10.9. The summed E-state index contributed by atoms with van der Waals surface area (Å²) in [6.45, 7) is 3.34. The highest BCUT2D eigenvalue weighted by Gasteiger charge is 2.03. The van der Waals surface area contributed by atoms with Gasteiger partial charge in [-0.05, 0) is 18.2 Å². The predicted molar refractivity (Wildman–Crippen MR) is 49.6 cm³/mol. The molecular weight excluding hydrogens is 168 g/mol. The van der Waals surface area contributed by atoms with E-state index in [0.717, 1.165) is 0 Å². The molecule has 13 heavy (non-hydrogen) atoms. The number of rotatable bonds is 3. The summed E-state index contributed by atoms with van der Waals surface area (Å²) in [5, 5.41) is 2.57. The number of ether oxygens (including phenoxy) is 1. The van der Waals surface area contributed by atoms with Gasteiger partial charge < -0.3 is 10.1 Å². The van der Waals surface area contributed by atoms with Gasteiger partial charge in [0.2, 0.25) is 11.8 Å². The molecule has 0 saturated carbocycles. The van der Waals surface area contributed by atoms with Crippen molar-refractivity contribution in [2.75, 3.05) is 12.4 Å². The lowest BCUT2D eigenvalue weighted by atomic mass is 10.4. The van der Waals surface area contributed by atoms with Crippen molar-refractivity contribution in [3.8, 4) is 5.88 Å². The molecular formula is C9H10N2O2. The lowest BCUT2D eigenvalue weighted by molar-refractivity contribution is -0.111. The minimum atomic E-state index is -0.286. The number of nitrogens with one attached hydrogen (secondary N) is 1. The Balaban J connectivity index is 2.86. The fourth-order valence-electron chi connectivity index (χ4n) is 0.832. The maximum atomic E-state index is 10.9. The Kier molecular flexibility index (Phi) is 3.03. The Bertz CT molecular complexity index is 323. The molecule has 4 heteroatoms. The van der Waals surface area contributed by atoms with Crippen molar-refractivity contribution >= 4 is 11.6 Å². The summed E-state index contributed by atoms with van der Waals surface area (Å²) in [5.41, 5.74) is 0.537. The lowest BCUT2D eigenvalue weighted by Gasteiger charge is -2.05. The number of hydrogen-bond acceptors (Lipinski definition) is 3. The molecule has 0 aromatic carbocycles. The van der Waals surface area contributed by atoms with Crippen molar-refractivity contribution in [3.63, 3.8) is 0 Å². The average Bonchev–Trinajstić information content (AvgIpc) is 2.18. The van der Waals surface area contributed by atoms with Gasteiger partial charge in [0.25, 0.3) is 0 Å². The average molecular weight is 178 g/mol. The third-order valence-corrected chi connectivity index (χ3v) is 1.41. The fraction of sp³-hybridized carbons (Fsp3) is 0.111. The molecule has 1 aromatic rings. The lowest BCUT2D eigenvalue weighted by Crippen LogP contribution is -2.08. The van der Waals surface area contributed by atoms with E-state index in [1.165, 1.54) is 13.2 Å². The smallest absolute Gasteiger partial charge is 0.247 e. The zero-order chi connectivity index (χ0) is 9.68. The number of carbonyl (C=O) groups excluding carboxylic acids is 1. The quantitative estimate of drug-likeness (QED) is 0.708. The molecule has 68 valence electrons. The van der Waals surface area contributed by atoms with Crippen LogP contribution < -0.4 is 10.1 Å². The van der Waals surface area contributed by atoms with E-state index in [4.69, 9.17) is 4.74 Å². The van der Waals surface area contributed by atoms with E-state index in [0.29, 0.717) is 11.6 Å². The number of anilines is 1. The highest BCUT2D eigenvalue weighted by molar-refractivity contribution is 5.99. The van der Waals surface area contributed by atoms with Gasteiger partial charge in [-0.15, -0.1) is 0 Å². The van der Waals surface area contributed by atoms with Crippen molar-refractivity contribution in [1.82, 2.24) is 4.98 Å². The highest BCUT2D eigenvalue weighted by atomic mass is 16.5. The number of methoxy groups -OCH3 is 1. The summed E-state index contributed by atoms with van der Waals surface area (Å²) in [4.78, 5) is 14.9. The van der Waals surface area contributed by atoms with Gasteiger partial charge in [-0.25, -0.2) is 4.98 Å². The highest BCUT2D eigenvalue weighted by Crippen LogP contribution is 2.19. The molecule has 0 aliphatic rings. The summed E-state index contributed by atoms with van der Waals surface area (Å²) in [6.07, 6.45) is 2.77. The van der Waals surface area contributed by atoms with Gasteiger partial charge >= 0.3 is 0 Å². The Morgan fingerprint density at radius 1 is 1.77 bits per heavy atom. The number of nitrogens with zero attached hydrogens (tertiary/aromatic N) is 1. The molecule has 1 aromatic heterocycles. The van der Waals surface area contributed by atoms with Gasteiger partial charge in [0.1, 0.15) is 5.69 Å². The first-order valence-electron chi connectivity index (χ1n) is 3.70. The Hall–Kier alpha value is -1.84. The largest absolute Gasteiger partial charge is 0.480 e. The minimum Gasteiger partial charge on any atom is -0.480 e. The van der Waals surface area contributed by atoms with Gasteiger partial charge in [-0.1, -0.05) is 6.58 Å². The standard InChI is InChI=1S/C9H10N2O2/c1-3-8(12)11-7-5-4-6-10-9(7)13-2/h3-6H,1H2,2H3,(H,11,12). The normalized spacial score (nSPS) is 9.00. The van der Waals surface area contributed by atoms with E-state index in [9.17, 15) is 4.79 Å². The Morgan fingerprint density at radius 2 is 2.54 bits per heavy atom. The van der Waals surface area contributed by atoms with Crippen LogP contribution in [0.3, 0.4) is 0 Å². The van der Waals surface area contributed by atoms with Gasteiger partial charge in [-0.2, -0.15) is 0 Å². The van der Waals surface area contributed by atoms with Crippen molar-refractivity contribution in [2.45, 2.75) is 0 Å². The van der Waals surface area contributed by atoms with E-state index in [2.05, 4.69) is 16.9 Å². The van der Waals surface area contributed by atoms with E-state index in [-0.39, 0.29) is 5.91 Å². The number of amides is 1. The molecule has 1 heterocycles. The third-order valence-electron chi connectivity index (χ3n) is 1.41. The maximum Gasteiger partial charge on any atom is 0.247 e. The van der Waals surface area contributed by atoms with Crippen LogP contribution in [-0.4, -0.2) is 18.0 Å². The summed E-state index contributed by atoms with van der Waals surface area (Å²) >= 11 is 0. The molecule has 0 saturated heterocycles. The Labute approximate surface area is 76.2 Å². The van der Waals surface area contributed by atoms with Crippen LogP contribution in [0, 0.1) is 0 Å². The first-order chi connectivity index (χ1) is 6.27. The molecule has 0 unspecified atom stereocenters. The van der Waals surface area contributed by atoms with E-state index in [1.807, 2.05) is 0 Å². The number of carbonyl (C=O) groups is 1. The van der Waals surface area contributed by atoms with Gasteiger partial charge in [0.15, 0.2) is 0 Å². The molecule has 0 atom stereocenters. The molecule has 0 fully saturated rings. The summed E-state index contributed by atoms with van der Waals surface area (Å²) in [6, 6.07) is 3.41. The minimum absolute atomic E-state index is 0.286. The first kappa shape index (κ1) is 9.25. The molecule has 1 N–H and O–H groups in total. The number of hydrogen-bond donors (Lipinski definition) is 1. The van der Waals surface area contributed by atoms with Crippen molar-refractivity contribution in [2.24, 2.45) is 0 Å². The monoisotopic (exact) mass is 178 g/mol. The molecule has 0 aliphatic heterocycles. The van der Waals surface area contributed by atoms with Gasteiger partial charge in [0, 0.05) is 6.20 Å². The Morgan fingerprint density at radius 3 is 3.15 bits per heavy atom. The molecule has 0 spiro atoms. The van der Waals surface area contributed by atoms with E-state index < -0.39 is 0 Å². The van der Waals surface area contributed by atoms with Crippen LogP contribution in [0.25, 0.3) is 0 Å². The van der Waals surface area contributed by atoms with Crippen LogP contribution in [0.4, 0.5) is 5.69 Å². The predicted octanol–water partition coefficient (Wildman–Crippen LogP) is 1.21. The van der Waals surface area contributed by atoms with Crippen molar-refractivity contribution < 1.29 is 9.53 Å². The van der Waals surface area contributed by atoms with Crippen molar-refractivity contribution in [1.29, 1.82) is 0 Å². The second kappa shape index (κ2) is 4.25. The number of aromatic nitrogens is 1. The molecule has 1 rings (SSSR count). The second-order valence-electron chi connectivity index (χ2n) is 2.25. The molecule has 0 aliphatic carbocycles. The van der Waals surface area contributed by atoms with Crippen LogP contribution in [0.2, 0.25) is 0 Å². The van der Waals surface area contributed by atoms with E-state index in [1.54, 1.807) is 18.3 Å². The van der Waals surface area contributed by atoms with Crippen LogP contribution in [0.1, 0.15) is 0 Å². The second-order valence-corrected chi connectivity index (χ2v) is 2.25. The zero-order valence-electron chi connectivity index (χ0n) is 7.28. The van der Waals surface area contributed by atoms with E-state index >= 15 is 0 Å². The molecule has 0 radical (unpaired) electrons. The summed E-state index contributed by atoms with van der Waals surface area (Å²) < 4.78 is 4.93. The first-order valence-corrected chi connectivity index (χ1v) is 3.70. The van der Waals surface area contributed by atoms with Crippen LogP contribution in [-0.2, 0) is 4.79 Å². The zero-order valence-corrected chi connectivity index (χ0v) is 7.28. The summed E-state index contributed by atoms with van der Waals surface area (Å²) in [5.74, 6) is 0.101. The molecule has 1 amide bonds. The molecule has 0 bridgehead atoms. The fourth-order valence-corrected chi connectivity index (χ4v) is 0.832. The van der Waals surface area contributed by atoms with Gasteiger partial charge in [-0.3, -0.25) is 4.79 Å². The molecule has 4 nitrogen and oxygen atoms in total. The van der Waals surface area contributed by atoms with Crippen LogP contribution in [0.15, 0.2) is 31.0 Å². The SMILES string of the molecule is C=CC(=O)Nc1cccnc1OC. The van der Waals surface area contributed by atoms with Gasteiger partial charge in [0.05, 0.1) is 7.11 Å². The third kappa shape index (κ3) is 2.30. The number of pyridine rings is 1. The van der Waals surface area contributed by atoms with Crippen molar-refractivity contribution in [3.05, 3.63) is 31.0 Å². The topological polar surface area (TPSA) is 51.2 Å². The van der Waals surface area contributed by atoms with Crippen LogP contribution >= 0.6 is 0 Å². The summed E-state index contributed by atoms with van der Waals surface area (Å²) in [7, 11) is 1.49. The van der Waals surface area contributed by atoms with Crippen LogP contribution in [0.5, 0.6) is 5.88 Å².